The predicted octanol–water partition coefficient (Wildman–Crippen LogP) is 5.13. The van der Waals surface area contributed by atoms with Crippen molar-refractivity contribution in [2.24, 2.45) is 0 Å². The van der Waals surface area contributed by atoms with Crippen molar-refractivity contribution in [3.63, 3.8) is 0 Å². The van der Waals surface area contributed by atoms with Crippen molar-refractivity contribution < 1.29 is 4.79 Å². The fourth-order valence-electron chi connectivity index (χ4n) is 2.60. The maximum Gasteiger partial charge on any atom is 0.170 e. The first kappa shape index (κ1) is 13.6. The quantitative estimate of drug-likeness (QED) is 0.605. The van der Waals surface area contributed by atoms with Gasteiger partial charge in [0.2, 0.25) is 0 Å². The number of carbonyl (C=O) groups excluding carboxylic acids is 1. The Bertz CT molecular complexity index is 784. The number of fused-ring (bicyclic) bond motifs is 1. The number of ketones is 1. The van der Waals surface area contributed by atoms with Gasteiger partial charge in [-0.2, -0.15) is 0 Å². The van der Waals surface area contributed by atoms with Gasteiger partial charge in [0, 0.05) is 11.5 Å². The van der Waals surface area contributed by atoms with Gasteiger partial charge in [-0.3, -0.25) is 4.79 Å². The summed E-state index contributed by atoms with van der Waals surface area (Å²) in [6.45, 7) is 4.01. The first-order valence-corrected chi connectivity index (χ1v) is 7.25. The molecule has 0 bridgehead atoms. The molecule has 0 saturated carbocycles. The summed E-state index contributed by atoms with van der Waals surface area (Å²) < 4.78 is 0. The number of hydrogen-bond donors (Lipinski definition) is 0. The standard InChI is InChI=1S/C20H18O/c1-14-7-9-17(10-8-14)20(21)15(2)18-12-11-16-5-3-4-6-19(16)13-18/h3-13,15H,1-2H3/t15-/m0/s1. The molecule has 104 valence electrons. The zero-order chi connectivity index (χ0) is 14.8. The third-order valence-corrected chi connectivity index (χ3v) is 4.00. The molecule has 21 heavy (non-hydrogen) atoms. The molecule has 3 aromatic carbocycles. The minimum absolute atomic E-state index is 0.127. The lowest BCUT2D eigenvalue weighted by Crippen LogP contribution is -2.09. The molecule has 0 saturated heterocycles. The van der Waals surface area contributed by atoms with E-state index in [0.29, 0.717) is 0 Å². The molecule has 0 aromatic heterocycles. The Kier molecular flexibility index (Phi) is 3.57. The molecule has 3 aromatic rings. The summed E-state index contributed by atoms with van der Waals surface area (Å²) in [5.74, 6) is 0.0441. The highest BCUT2D eigenvalue weighted by molar-refractivity contribution is 6.01. The molecule has 0 radical (unpaired) electrons. The van der Waals surface area contributed by atoms with Crippen molar-refractivity contribution in [2.75, 3.05) is 0 Å². The molecule has 0 amide bonds. The van der Waals surface area contributed by atoms with Crippen molar-refractivity contribution in [1.29, 1.82) is 0 Å². The van der Waals surface area contributed by atoms with Crippen LogP contribution in [0.5, 0.6) is 0 Å². The first-order chi connectivity index (χ1) is 10.1. The highest BCUT2D eigenvalue weighted by Gasteiger charge is 2.17. The lowest BCUT2D eigenvalue weighted by molar-refractivity contribution is 0.0966. The summed E-state index contributed by atoms with van der Waals surface area (Å²) in [7, 11) is 0. The molecule has 0 unspecified atom stereocenters. The third kappa shape index (κ3) is 2.73. The molecule has 0 aliphatic rings. The van der Waals surface area contributed by atoms with Gasteiger partial charge in [0.25, 0.3) is 0 Å². The van der Waals surface area contributed by atoms with Crippen molar-refractivity contribution in [3.05, 3.63) is 83.4 Å². The lowest BCUT2D eigenvalue weighted by atomic mass is 9.91. The Labute approximate surface area is 125 Å². The summed E-state index contributed by atoms with van der Waals surface area (Å²) in [4.78, 5) is 12.6. The minimum atomic E-state index is -0.127. The molecule has 0 spiro atoms. The van der Waals surface area contributed by atoms with Crippen LogP contribution in [0, 0.1) is 6.92 Å². The second-order valence-electron chi connectivity index (χ2n) is 5.56. The van der Waals surface area contributed by atoms with E-state index in [1.807, 2.05) is 50.2 Å². The molecule has 1 heteroatoms. The molecule has 0 aliphatic heterocycles. The number of rotatable bonds is 3. The van der Waals surface area contributed by atoms with Gasteiger partial charge in [0.15, 0.2) is 5.78 Å². The largest absolute Gasteiger partial charge is 0.294 e. The van der Waals surface area contributed by atoms with Gasteiger partial charge in [-0.25, -0.2) is 0 Å². The second kappa shape index (κ2) is 5.53. The summed E-state index contributed by atoms with van der Waals surface area (Å²) in [5.41, 5.74) is 3.02. The van der Waals surface area contributed by atoms with E-state index >= 15 is 0 Å². The Balaban J connectivity index is 1.93. The molecule has 0 heterocycles. The van der Waals surface area contributed by atoms with Gasteiger partial charge in [0.05, 0.1) is 0 Å². The van der Waals surface area contributed by atoms with Gasteiger partial charge >= 0.3 is 0 Å². The normalized spacial score (nSPS) is 12.3. The SMILES string of the molecule is Cc1ccc(C(=O)[C@@H](C)c2ccc3ccccc3c2)cc1. The number of hydrogen-bond acceptors (Lipinski definition) is 1. The second-order valence-corrected chi connectivity index (χ2v) is 5.56. The fourth-order valence-corrected chi connectivity index (χ4v) is 2.60. The van der Waals surface area contributed by atoms with Crippen molar-refractivity contribution in [1.82, 2.24) is 0 Å². The van der Waals surface area contributed by atoms with Gasteiger partial charge in [-0.1, -0.05) is 79.2 Å². The van der Waals surface area contributed by atoms with E-state index in [-0.39, 0.29) is 11.7 Å². The lowest BCUT2D eigenvalue weighted by Gasteiger charge is -2.12. The van der Waals surface area contributed by atoms with E-state index in [1.165, 1.54) is 16.3 Å². The number of benzene rings is 3. The van der Waals surface area contributed by atoms with E-state index in [1.54, 1.807) is 0 Å². The van der Waals surface area contributed by atoms with Gasteiger partial charge in [0.1, 0.15) is 0 Å². The van der Waals surface area contributed by atoms with E-state index in [9.17, 15) is 4.79 Å². The van der Waals surface area contributed by atoms with Crippen LogP contribution >= 0.6 is 0 Å². The fraction of sp³-hybridized carbons (Fsp3) is 0.150. The average Bonchev–Trinajstić information content (AvgIpc) is 2.54. The predicted molar refractivity (Wildman–Crippen MR) is 87.9 cm³/mol. The first-order valence-electron chi connectivity index (χ1n) is 7.25. The molecule has 0 fully saturated rings. The zero-order valence-electron chi connectivity index (χ0n) is 12.3. The van der Waals surface area contributed by atoms with Crippen LogP contribution in [-0.2, 0) is 0 Å². The van der Waals surface area contributed by atoms with Crippen LogP contribution in [-0.4, -0.2) is 5.78 Å². The Morgan fingerprint density at radius 2 is 1.52 bits per heavy atom. The van der Waals surface area contributed by atoms with Crippen LogP contribution in [0.25, 0.3) is 10.8 Å². The highest BCUT2D eigenvalue weighted by atomic mass is 16.1. The van der Waals surface area contributed by atoms with Gasteiger partial charge < -0.3 is 0 Å². The molecular weight excluding hydrogens is 256 g/mol. The van der Waals surface area contributed by atoms with Crippen LogP contribution in [0.2, 0.25) is 0 Å². The monoisotopic (exact) mass is 274 g/mol. The van der Waals surface area contributed by atoms with E-state index < -0.39 is 0 Å². The van der Waals surface area contributed by atoms with Crippen LogP contribution in [0.4, 0.5) is 0 Å². The summed E-state index contributed by atoms with van der Waals surface area (Å²) in [6, 6.07) is 22.3. The van der Waals surface area contributed by atoms with Gasteiger partial charge in [-0.15, -0.1) is 0 Å². The number of aryl methyl sites for hydroxylation is 1. The number of carbonyl (C=O) groups is 1. The average molecular weight is 274 g/mol. The molecular formula is C20H18O. The van der Waals surface area contributed by atoms with Crippen molar-refractivity contribution in [2.45, 2.75) is 19.8 Å². The summed E-state index contributed by atoms with van der Waals surface area (Å²) >= 11 is 0. The Morgan fingerprint density at radius 1 is 0.857 bits per heavy atom. The molecule has 0 aliphatic carbocycles. The van der Waals surface area contributed by atoms with Crippen molar-refractivity contribution in [3.8, 4) is 0 Å². The molecule has 0 N–H and O–H groups in total. The summed E-state index contributed by atoms with van der Waals surface area (Å²) in [6.07, 6.45) is 0. The molecule has 1 atom stereocenters. The maximum absolute atomic E-state index is 12.6. The van der Waals surface area contributed by atoms with E-state index in [0.717, 1.165) is 11.1 Å². The highest BCUT2D eigenvalue weighted by Crippen LogP contribution is 2.24. The smallest absolute Gasteiger partial charge is 0.170 e. The number of Topliss-reactive ketones (excluding diaryl/α,β-unsaturated/α-hetero) is 1. The van der Waals surface area contributed by atoms with Crippen LogP contribution in [0.1, 0.15) is 34.3 Å². The Morgan fingerprint density at radius 3 is 2.24 bits per heavy atom. The van der Waals surface area contributed by atoms with Crippen molar-refractivity contribution >= 4 is 16.6 Å². The van der Waals surface area contributed by atoms with Crippen LogP contribution in [0.15, 0.2) is 66.7 Å². The maximum atomic E-state index is 12.6. The van der Waals surface area contributed by atoms with E-state index in [4.69, 9.17) is 0 Å². The topological polar surface area (TPSA) is 17.1 Å². The van der Waals surface area contributed by atoms with Gasteiger partial charge in [-0.05, 0) is 23.3 Å². The third-order valence-electron chi connectivity index (χ3n) is 4.00. The van der Waals surface area contributed by atoms with Crippen LogP contribution < -0.4 is 0 Å². The Hall–Kier alpha value is -2.41. The summed E-state index contributed by atoms with van der Waals surface area (Å²) in [5, 5.41) is 2.38. The molecule has 3 rings (SSSR count). The minimum Gasteiger partial charge on any atom is -0.294 e. The molecule has 1 nitrogen and oxygen atoms in total. The van der Waals surface area contributed by atoms with Crippen LogP contribution in [0.3, 0.4) is 0 Å². The zero-order valence-corrected chi connectivity index (χ0v) is 12.3. The van der Waals surface area contributed by atoms with E-state index in [2.05, 4.69) is 30.3 Å².